The summed E-state index contributed by atoms with van der Waals surface area (Å²) in [5.41, 5.74) is 0.244. The Morgan fingerprint density at radius 2 is 1.92 bits per heavy atom. The Hall–Kier alpha value is -0.130. The highest BCUT2D eigenvalue weighted by Crippen LogP contribution is 2.63. The normalized spacial score (nSPS) is 53.3. The van der Waals surface area contributed by atoms with Gasteiger partial charge in [-0.05, 0) is 74.0 Å². The molecule has 0 amide bonds. The van der Waals surface area contributed by atoms with Crippen LogP contribution in [0.25, 0.3) is 0 Å². The Morgan fingerprint density at radius 3 is 2.65 bits per heavy atom. The van der Waals surface area contributed by atoms with Crippen LogP contribution < -0.4 is 0 Å². The van der Waals surface area contributed by atoms with Gasteiger partial charge in [-0.25, -0.2) is 0 Å². The molecular formula is C21H33BrO4. The zero-order chi connectivity index (χ0) is 18.6. The average molecular weight is 429 g/mol. The summed E-state index contributed by atoms with van der Waals surface area (Å²) in [6.45, 7) is 4.26. The summed E-state index contributed by atoms with van der Waals surface area (Å²) in [7, 11) is 0. The van der Waals surface area contributed by atoms with E-state index >= 15 is 0 Å². The Labute approximate surface area is 165 Å². The Morgan fingerprint density at radius 1 is 1.15 bits per heavy atom. The fraction of sp³-hybridized carbons (Fsp3) is 0.952. The highest BCUT2D eigenvalue weighted by Gasteiger charge is 2.60. The Bertz CT molecular complexity index is 554. The van der Waals surface area contributed by atoms with Gasteiger partial charge in [-0.1, -0.05) is 29.8 Å². The first-order chi connectivity index (χ1) is 12.3. The van der Waals surface area contributed by atoms with Crippen molar-refractivity contribution in [1.29, 1.82) is 0 Å². The zero-order valence-electron chi connectivity index (χ0n) is 15.9. The lowest BCUT2D eigenvalue weighted by molar-refractivity contribution is -0.167. The van der Waals surface area contributed by atoms with Crippen molar-refractivity contribution in [1.82, 2.24) is 0 Å². The monoisotopic (exact) mass is 428 g/mol. The van der Waals surface area contributed by atoms with Gasteiger partial charge in [-0.3, -0.25) is 4.79 Å². The molecule has 4 fully saturated rings. The maximum Gasteiger partial charge on any atom is 0.305 e. The van der Waals surface area contributed by atoms with E-state index in [2.05, 4.69) is 22.9 Å². The first-order valence-corrected chi connectivity index (χ1v) is 11.5. The zero-order valence-corrected chi connectivity index (χ0v) is 17.5. The molecule has 0 heterocycles. The van der Waals surface area contributed by atoms with Crippen LogP contribution in [0.3, 0.4) is 0 Å². The van der Waals surface area contributed by atoms with Crippen LogP contribution in [-0.4, -0.2) is 39.3 Å². The molecule has 148 valence electrons. The third-order valence-electron chi connectivity index (χ3n) is 8.47. The number of carbonyl (C=O) groups is 1. The van der Waals surface area contributed by atoms with Gasteiger partial charge in [0.25, 0.3) is 0 Å². The lowest BCUT2D eigenvalue weighted by Crippen LogP contribution is -2.57. The van der Waals surface area contributed by atoms with Gasteiger partial charge in [0.05, 0.1) is 17.0 Å². The Balaban J connectivity index is 1.57. The molecule has 4 nitrogen and oxygen atoms in total. The van der Waals surface area contributed by atoms with E-state index in [4.69, 9.17) is 4.74 Å². The molecule has 2 N–H and O–H groups in total. The molecule has 4 aliphatic rings. The van der Waals surface area contributed by atoms with Crippen LogP contribution in [0.15, 0.2) is 0 Å². The molecule has 0 aromatic heterocycles. The smallest absolute Gasteiger partial charge is 0.305 e. The molecule has 4 rings (SSSR count). The lowest BCUT2D eigenvalue weighted by Gasteiger charge is -2.60. The lowest BCUT2D eigenvalue weighted by atomic mass is 9.46. The molecule has 26 heavy (non-hydrogen) atoms. The van der Waals surface area contributed by atoms with Crippen molar-refractivity contribution in [3.05, 3.63) is 0 Å². The molecule has 0 saturated heterocycles. The van der Waals surface area contributed by atoms with Crippen LogP contribution >= 0.6 is 15.9 Å². The van der Waals surface area contributed by atoms with E-state index in [0.717, 1.165) is 44.9 Å². The van der Waals surface area contributed by atoms with Crippen molar-refractivity contribution in [2.75, 3.05) is 0 Å². The summed E-state index contributed by atoms with van der Waals surface area (Å²) >= 11 is 3.79. The summed E-state index contributed by atoms with van der Waals surface area (Å²) in [5, 5.41) is 21.2. The first-order valence-electron chi connectivity index (χ1n) is 10.5. The highest BCUT2D eigenvalue weighted by molar-refractivity contribution is 9.09. The van der Waals surface area contributed by atoms with E-state index in [0.29, 0.717) is 36.0 Å². The quantitative estimate of drug-likeness (QED) is 0.519. The van der Waals surface area contributed by atoms with Crippen molar-refractivity contribution in [3.8, 4) is 0 Å². The molecule has 0 bridgehead atoms. The van der Waals surface area contributed by atoms with Crippen LogP contribution in [0.2, 0.25) is 0 Å². The number of halogens is 1. The summed E-state index contributed by atoms with van der Waals surface area (Å²) in [6, 6.07) is 0. The standard InChI is InChI=1S/C21H33BrO4/c1-3-18(25)26-20-13-4-5-15-19(14(13)10-16(20)22)17(24)9-11-8-12(23)6-7-21(11,15)2/h11-17,19-20,23-24H,3-10H2,1-2H3/t11?,12-,13-,14?,15?,16+,17?,19?,20+,21-/m0/s1. The largest absolute Gasteiger partial charge is 0.461 e. The van der Waals surface area contributed by atoms with Gasteiger partial charge < -0.3 is 14.9 Å². The van der Waals surface area contributed by atoms with E-state index in [1.807, 2.05) is 6.92 Å². The summed E-state index contributed by atoms with van der Waals surface area (Å²) in [4.78, 5) is 12.1. The summed E-state index contributed by atoms with van der Waals surface area (Å²) < 4.78 is 5.80. The molecule has 5 unspecified atom stereocenters. The third kappa shape index (κ3) is 2.97. The second-order valence-electron chi connectivity index (χ2n) is 9.58. The van der Waals surface area contributed by atoms with Crippen molar-refractivity contribution in [2.45, 2.75) is 88.4 Å². The van der Waals surface area contributed by atoms with E-state index in [1.54, 1.807) is 0 Å². The topological polar surface area (TPSA) is 66.8 Å². The van der Waals surface area contributed by atoms with E-state index in [9.17, 15) is 15.0 Å². The summed E-state index contributed by atoms with van der Waals surface area (Å²) in [6.07, 6.45) is 6.76. The Kier molecular flexibility index (Phi) is 5.20. The number of alkyl halides is 1. The van der Waals surface area contributed by atoms with Gasteiger partial charge in [0.2, 0.25) is 0 Å². The fourth-order valence-electron chi connectivity index (χ4n) is 7.18. The molecular weight excluding hydrogens is 396 g/mol. The highest BCUT2D eigenvalue weighted by atomic mass is 79.9. The van der Waals surface area contributed by atoms with E-state index < -0.39 is 0 Å². The number of hydrogen-bond acceptors (Lipinski definition) is 4. The minimum Gasteiger partial charge on any atom is -0.461 e. The van der Waals surface area contributed by atoms with Crippen molar-refractivity contribution >= 4 is 21.9 Å². The van der Waals surface area contributed by atoms with Gasteiger partial charge in [0.1, 0.15) is 6.10 Å². The van der Waals surface area contributed by atoms with E-state index in [-0.39, 0.29) is 34.5 Å². The van der Waals surface area contributed by atoms with Crippen LogP contribution in [0, 0.1) is 35.0 Å². The number of hydrogen-bond donors (Lipinski definition) is 2. The van der Waals surface area contributed by atoms with Crippen LogP contribution in [0.5, 0.6) is 0 Å². The molecule has 0 spiro atoms. The average Bonchev–Trinajstić information content (AvgIpc) is 2.92. The fourth-order valence-corrected chi connectivity index (χ4v) is 8.11. The van der Waals surface area contributed by atoms with Crippen molar-refractivity contribution < 1.29 is 19.7 Å². The minimum absolute atomic E-state index is 0.0423. The SMILES string of the molecule is CCC(=O)O[C@H]1[C@H](Br)CC2C3C(O)CC4C[C@@H](O)CC[C@]4(C)C3CC[C@@H]21. The molecule has 4 aliphatic carbocycles. The molecule has 0 aromatic carbocycles. The van der Waals surface area contributed by atoms with Crippen LogP contribution in [0.4, 0.5) is 0 Å². The molecule has 0 aromatic rings. The minimum atomic E-state index is -0.281. The molecule has 0 aliphatic heterocycles. The number of carbonyl (C=O) groups excluding carboxylic acids is 1. The van der Waals surface area contributed by atoms with E-state index in [1.165, 1.54) is 0 Å². The molecule has 5 heteroatoms. The van der Waals surface area contributed by atoms with Gasteiger partial charge in [0, 0.05) is 12.3 Å². The maximum atomic E-state index is 11.9. The number of ether oxygens (including phenoxy) is 1. The predicted molar refractivity (Wildman–Crippen MR) is 103 cm³/mol. The van der Waals surface area contributed by atoms with Gasteiger partial charge in [0.15, 0.2) is 0 Å². The number of aliphatic hydroxyl groups is 2. The first kappa shape index (κ1) is 19.2. The number of fused-ring (bicyclic) bond motifs is 5. The number of esters is 1. The predicted octanol–water partition coefficient (Wildman–Crippen LogP) is 3.67. The maximum absolute atomic E-state index is 11.9. The molecule has 10 atom stereocenters. The van der Waals surface area contributed by atoms with Gasteiger partial charge >= 0.3 is 5.97 Å². The summed E-state index contributed by atoms with van der Waals surface area (Å²) in [5.74, 6) is 1.99. The second-order valence-corrected chi connectivity index (χ2v) is 10.8. The number of aliphatic hydroxyl groups excluding tert-OH is 2. The molecule has 0 radical (unpaired) electrons. The van der Waals surface area contributed by atoms with Crippen molar-refractivity contribution in [2.24, 2.45) is 35.0 Å². The molecule has 4 saturated carbocycles. The second kappa shape index (κ2) is 7.04. The third-order valence-corrected chi connectivity index (χ3v) is 9.37. The van der Waals surface area contributed by atoms with Crippen LogP contribution in [-0.2, 0) is 9.53 Å². The van der Waals surface area contributed by atoms with Crippen LogP contribution in [0.1, 0.15) is 65.2 Å². The van der Waals surface area contributed by atoms with Crippen molar-refractivity contribution in [3.63, 3.8) is 0 Å². The van der Waals surface area contributed by atoms with Gasteiger partial charge in [-0.2, -0.15) is 0 Å². The number of rotatable bonds is 2. The van der Waals surface area contributed by atoms with Gasteiger partial charge in [-0.15, -0.1) is 0 Å².